The lowest BCUT2D eigenvalue weighted by molar-refractivity contribution is -0.132. The van der Waals surface area contributed by atoms with Crippen LogP contribution in [0.3, 0.4) is 0 Å². The minimum atomic E-state index is -0.917. The lowest BCUT2D eigenvalue weighted by Crippen LogP contribution is -2.29. The van der Waals surface area contributed by atoms with E-state index in [-0.39, 0.29) is 22.8 Å². The molecule has 0 radical (unpaired) electrons. The fourth-order valence-electron chi connectivity index (χ4n) is 5.17. The summed E-state index contributed by atoms with van der Waals surface area (Å²) in [6.07, 6.45) is 0. The van der Waals surface area contributed by atoms with E-state index < -0.39 is 17.7 Å². The molecule has 0 bridgehead atoms. The first kappa shape index (κ1) is 25.1. The van der Waals surface area contributed by atoms with Gasteiger partial charge in [-0.3, -0.25) is 14.5 Å². The molecule has 1 unspecified atom stereocenters. The summed E-state index contributed by atoms with van der Waals surface area (Å²) in [5.74, 6) is -1.96. The molecule has 0 aromatic heterocycles. The molecule has 6 nitrogen and oxygen atoms in total. The molecule has 1 atom stereocenters. The number of carbonyl (C=O) groups is 2. The third-order valence-corrected chi connectivity index (χ3v) is 7.20. The highest BCUT2D eigenvalue weighted by molar-refractivity contribution is 6.52. The monoisotopic (exact) mass is 506 g/mol. The van der Waals surface area contributed by atoms with Gasteiger partial charge in [-0.1, -0.05) is 54.6 Å². The fourth-order valence-corrected chi connectivity index (χ4v) is 5.17. The van der Waals surface area contributed by atoms with Crippen LogP contribution in [-0.2, 0) is 9.59 Å². The van der Waals surface area contributed by atoms with E-state index in [0.717, 1.165) is 35.1 Å². The molecule has 1 saturated heterocycles. The first-order valence-electron chi connectivity index (χ1n) is 12.8. The Labute approximate surface area is 222 Å². The molecule has 38 heavy (non-hydrogen) atoms. The van der Waals surface area contributed by atoms with Crippen LogP contribution in [0.4, 0.5) is 11.4 Å². The van der Waals surface area contributed by atoms with Crippen molar-refractivity contribution in [2.45, 2.75) is 26.8 Å². The number of aryl methyl sites for hydroxylation is 1. The standard InChI is InChI=1S/C32H30N2O4/c1-4-33(5-2)25-15-13-22(14-16-25)29-28(30(36)24-12-11-21-8-6-7-9-23(21)19-24)31(37)32(38)34(29)26-18-20(3)10-17-27(26)35/h6-19,29,35-36H,4-5H2,1-3H3/b30-28-. The van der Waals surface area contributed by atoms with Gasteiger partial charge in [0.25, 0.3) is 11.7 Å². The Morgan fingerprint density at radius 1 is 0.868 bits per heavy atom. The van der Waals surface area contributed by atoms with Gasteiger partial charge < -0.3 is 15.1 Å². The number of aliphatic hydroxyl groups excluding tert-OH is 1. The number of hydrogen-bond donors (Lipinski definition) is 2. The normalized spacial score (nSPS) is 16.8. The van der Waals surface area contributed by atoms with E-state index in [9.17, 15) is 19.8 Å². The van der Waals surface area contributed by atoms with Crippen LogP contribution in [0.25, 0.3) is 16.5 Å². The number of fused-ring (bicyclic) bond motifs is 1. The smallest absolute Gasteiger partial charge is 0.300 e. The molecule has 1 amide bonds. The van der Waals surface area contributed by atoms with Gasteiger partial charge in [-0.15, -0.1) is 0 Å². The number of Topliss-reactive ketones (excluding diaryl/α,β-unsaturated/α-hetero) is 1. The third kappa shape index (κ3) is 4.28. The van der Waals surface area contributed by atoms with Crippen LogP contribution in [0.1, 0.15) is 36.6 Å². The van der Waals surface area contributed by atoms with Crippen molar-refractivity contribution >= 4 is 39.6 Å². The topological polar surface area (TPSA) is 81.1 Å². The zero-order chi connectivity index (χ0) is 27.0. The van der Waals surface area contributed by atoms with E-state index in [1.807, 2.05) is 67.6 Å². The molecule has 2 N–H and O–H groups in total. The van der Waals surface area contributed by atoms with Crippen molar-refractivity contribution in [3.05, 3.63) is 107 Å². The van der Waals surface area contributed by atoms with E-state index in [0.29, 0.717) is 11.1 Å². The second kappa shape index (κ2) is 10.1. The van der Waals surface area contributed by atoms with Crippen molar-refractivity contribution in [3.8, 4) is 5.75 Å². The molecule has 0 spiro atoms. The molecule has 4 aromatic carbocycles. The Morgan fingerprint density at radius 2 is 1.55 bits per heavy atom. The third-order valence-electron chi connectivity index (χ3n) is 7.20. The molecule has 1 heterocycles. The number of benzene rings is 4. The van der Waals surface area contributed by atoms with E-state index in [2.05, 4.69) is 18.7 Å². The molecule has 0 saturated carbocycles. The zero-order valence-electron chi connectivity index (χ0n) is 21.7. The summed E-state index contributed by atoms with van der Waals surface area (Å²) in [6.45, 7) is 7.69. The predicted octanol–water partition coefficient (Wildman–Crippen LogP) is 6.33. The van der Waals surface area contributed by atoms with Gasteiger partial charge >= 0.3 is 0 Å². The number of rotatable bonds is 6. The molecule has 1 aliphatic rings. The van der Waals surface area contributed by atoms with E-state index in [1.165, 1.54) is 11.0 Å². The van der Waals surface area contributed by atoms with Crippen LogP contribution < -0.4 is 9.80 Å². The number of carbonyl (C=O) groups excluding carboxylic acids is 2. The molecule has 192 valence electrons. The lowest BCUT2D eigenvalue weighted by Gasteiger charge is -2.27. The fraction of sp³-hybridized carbons (Fsp3) is 0.188. The summed E-state index contributed by atoms with van der Waals surface area (Å²) in [7, 11) is 0. The first-order chi connectivity index (χ1) is 18.3. The molecule has 5 rings (SSSR count). The largest absolute Gasteiger partial charge is 0.507 e. The Hall–Kier alpha value is -4.58. The summed E-state index contributed by atoms with van der Waals surface area (Å²) >= 11 is 0. The van der Waals surface area contributed by atoms with E-state index >= 15 is 0 Å². The van der Waals surface area contributed by atoms with Gasteiger partial charge in [0.15, 0.2) is 0 Å². The van der Waals surface area contributed by atoms with Crippen LogP contribution in [0.2, 0.25) is 0 Å². The Kier molecular flexibility index (Phi) is 6.64. The van der Waals surface area contributed by atoms with Crippen LogP contribution in [0, 0.1) is 6.92 Å². The predicted molar refractivity (Wildman–Crippen MR) is 152 cm³/mol. The van der Waals surface area contributed by atoms with Gasteiger partial charge in [-0.05, 0) is 73.0 Å². The number of anilines is 2. The number of hydrogen-bond acceptors (Lipinski definition) is 5. The highest BCUT2D eigenvalue weighted by atomic mass is 16.3. The van der Waals surface area contributed by atoms with Crippen molar-refractivity contribution in [2.24, 2.45) is 0 Å². The van der Waals surface area contributed by atoms with Crippen molar-refractivity contribution in [3.63, 3.8) is 0 Å². The highest BCUT2D eigenvalue weighted by Crippen LogP contribution is 2.45. The van der Waals surface area contributed by atoms with Crippen LogP contribution in [0.15, 0.2) is 90.5 Å². The van der Waals surface area contributed by atoms with Gasteiger partial charge in [0.2, 0.25) is 0 Å². The average Bonchev–Trinajstić information content (AvgIpc) is 3.20. The number of amides is 1. The van der Waals surface area contributed by atoms with E-state index in [1.54, 1.807) is 18.2 Å². The Balaban J connectivity index is 1.71. The molecular weight excluding hydrogens is 476 g/mol. The molecule has 0 aliphatic carbocycles. The SMILES string of the molecule is CCN(CC)c1ccc(C2/C(=C(/O)c3ccc4ccccc4c3)C(=O)C(=O)N2c2cc(C)ccc2O)cc1. The van der Waals surface area contributed by atoms with Crippen molar-refractivity contribution in [1.82, 2.24) is 0 Å². The number of aliphatic hydroxyl groups is 1. The number of phenolic OH excluding ortho intramolecular Hbond substituents is 1. The maximum atomic E-state index is 13.5. The number of phenols is 1. The lowest BCUT2D eigenvalue weighted by atomic mass is 9.94. The van der Waals surface area contributed by atoms with Gasteiger partial charge in [-0.25, -0.2) is 0 Å². The average molecular weight is 507 g/mol. The molecular formula is C32H30N2O4. The summed E-state index contributed by atoms with van der Waals surface area (Å²) in [5.41, 5.74) is 3.15. The van der Waals surface area contributed by atoms with Crippen LogP contribution in [0.5, 0.6) is 5.75 Å². The zero-order valence-corrected chi connectivity index (χ0v) is 21.7. The summed E-state index contributed by atoms with van der Waals surface area (Å²) in [5, 5.41) is 24.1. The molecule has 6 heteroatoms. The number of nitrogens with zero attached hydrogens (tertiary/aromatic N) is 2. The minimum absolute atomic E-state index is 0.0122. The van der Waals surface area contributed by atoms with Gasteiger partial charge in [0.05, 0.1) is 17.3 Å². The number of aromatic hydroxyl groups is 1. The molecule has 4 aromatic rings. The number of ketones is 1. The second-order valence-electron chi connectivity index (χ2n) is 9.49. The van der Waals surface area contributed by atoms with Crippen molar-refractivity contribution in [2.75, 3.05) is 22.9 Å². The second-order valence-corrected chi connectivity index (χ2v) is 9.49. The van der Waals surface area contributed by atoms with Crippen LogP contribution >= 0.6 is 0 Å². The van der Waals surface area contributed by atoms with Crippen molar-refractivity contribution in [1.29, 1.82) is 0 Å². The van der Waals surface area contributed by atoms with Crippen molar-refractivity contribution < 1.29 is 19.8 Å². The molecule has 1 aliphatic heterocycles. The summed E-state index contributed by atoms with van der Waals surface area (Å²) < 4.78 is 0. The molecule has 1 fully saturated rings. The summed E-state index contributed by atoms with van der Waals surface area (Å²) in [4.78, 5) is 30.5. The highest BCUT2D eigenvalue weighted by Gasteiger charge is 2.47. The Bertz CT molecular complexity index is 1570. The van der Waals surface area contributed by atoms with E-state index in [4.69, 9.17) is 0 Å². The Morgan fingerprint density at radius 3 is 2.24 bits per heavy atom. The maximum Gasteiger partial charge on any atom is 0.300 e. The maximum absolute atomic E-state index is 13.5. The summed E-state index contributed by atoms with van der Waals surface area (Å²) in [6, 6.07) is 24.8. The van der Waals surface area contributed by atoms with Gasteiger partial charge in [0.1, 0.15) is 11.5 Å². The van der Waals surface area contributed by atoms with Crippen LogP contribution in [-0.4, -0.2) is 35.0 Å². The first-order valence-corrected chi connectivity index (χ1v) is 12.8. The van der Waals surface area contributed by atoms with Gasteiger partial charge in [-0.2, -0.15) is 0 Å². The quantitative estimate of drug-likeness (QED) is 0.182. The minimum Gasteiger partial charge on any atom is -0.507 e. The van der Waals surface area contributed by atoms with Gasteiger partial charge in [0, 0.05) is 24.3 Å².